The number of rotatable bonds is 4. The molecule has 1 unspecified atom stereocenters. The summed E-state index contributed by atoms with van der Waals surface area (Å²) in [4.78, 5) is 17.1. The van der Waals surface area contributed by atoms with E-state index in [1.54, 1.807) is 0 Å². The van der Waals surface area contributed by atoms with Gasteiger partial charge in [-0.2, -0.15) is 9.30 Å². The third-order valence-electron chi connectivity index (χ3n) is 4.75. The summed E-state index contributed by atoms with van der Waals surface area (Å²) in [5.41, 5.74) is 0.0417. The second kappa shape index (κ2) is 8.44. The highest BCUT2D eigenvalue weighted by molar-refractivity contribution is 7.91. The molecule has 0 saturated carbocycles. The average Bonchev–Trinajstić information content (AvgIpc) is 3.41. The molecule has 1 fully saturated rings. The zero-order valence-corrected chi connectivity index (χ0v) is 18.9. The van der Waals surface area contributed by atoms with Crippen molar-refractivity contribution in [2.45, 2.75) is 29.6 Å². The minimum Gasteiger partial charge on any atom is -0.302 e. The predicted octanol–water partition coefficient (Wildman–Crippen LogP) is 3.61. The number of nitrogens with zero attached hydrogens (tertiary/aromatic N) is 3. The van der Waals surface area contributed by atoms with Crippen molar-refractivity contribution >= 4 is 60.4 Å². The molecule has 1 aliphatic heterocycles. The Morgan fingerprint density at radius 2 is 2.10 bits per heavy atom. The van der Waals surface area contributed by atoms with Crippen LogP contribution in [0, 0.1) is 24.0 Å². The number of aromatic nitrogens is 1. The minimum atomic E-state index is -3.92. The van der Waals surface area contributed by atoms with Crippen LogP contribution in [0.5, 0.6) is 0 Å². The van der Waals surface area contributed by atoms with E-state index in [4.69, 9.17) is 18.0 Å². The van der Waals surface area contributed by atoms with Crippen LogP contribution in [0.4, 0.5) is 8.78 Å². The summed E-state index contributed by atoms with van der Waals surface area (Å²) >= 11 is 7.68. The van der Waals surface area contributed by atoms with Crippen molar-refractivity contribution in [1.82, 2.24) is 8.87 Å². The number of sulfonamides is 1. The zero-order valence-electron chi connectivity index (χ0n) is 15.7. The Morgan fingerprint density at radius 3 is 2.77 bits per heavy atom. The molecule has 1 saturated heterocycles. The molecule has 1 aliphatic rings. The molecule has 0 bridgehead atoms. The van der Waals surface area contributed by atoms with Crippen molar-refractivity contribution in [3.8, 4) is 12.3 Å². The lowest BCUT2D eigenvalue weighted by atomic mass is 10.2. The Bertz CT molecular complexity index is 1400. The summed E-state index contributed by atoms with van der Waals surface area (Å²) in [7, 11) is -3.92. The van der Waals surface area contributed by atoms with Gasteiger partial charge in [0.1, 0.15) is 16.1 Å². The summed E-state index contributed by atoms with van der Waals surface area (Å²) in [6.07, 6.45) is 6.15. The van der Waals surface area contributed by atoms with Gasteiger partial charge in [-0.25, -0.2) is 17.2 Å². The SMILES string of the molecule is C#CCn1c(=NC(=O)C2CCCN2S(=O)(=O)c2ccc(Cl)s2)sc2cc(F)cc(F)c21. The highest BCUT2D eigenvalue weighted by atomic mass is 35.5. The van der Waals surface area contributed by atoms with Gasteiger partial charge in [0, 0.05) is 12.6 Å². The number of thiophene rings is 1. The molecule has 2 aromatic heterocycles. The van der Waals surface area contributed by atoms with E-state index >= 15 is 0 Å². The fourth-order valence-electron chi connectivity index (χ4n) is 3.45. The molecule has 1 amide bonds. The van der Waals surface area contributed by atoms with Crippen molar-refractivity contribution in [3.05, 3.63) is 45.0 Å². The summed E-state index contributed by atoms with van der Waals surface area (Å²) in [5, 5.41) is 0. The second-order valence-corrected chi connectivity index (χ2v) is 11.5. The van der Waals surface area contributed by atoms with E-state index in [-0.39, 0.29) is 32.3 Å². The van der Waals surface area contributed by atoms with Crippen molar-refractivity contribution < 1.29 is 22.0 Å². The third kappa shape index (κ3) is 4.06. The van der Waals surface area contributed by atoms with Crippen LogP contribution in [0.2, 0.25) is 4.34 Å². The van der Waals surface area contributed by atoms with Gasteiger partial charge in [0.15, 0.2) is 10.6 Å². The molecule has 162 valence electrons. The molecule has 1 atom stereocenters. The molecule has 3 aromatic rings. The van der Waals surface area contributed by atoms with E-state index in [1.165, 1.54) is 16.7 Å². The minimum absolute atomic E-state index is 0.0407. The van der Waals surface area contributed by atoms with E-state index in [1.807, 2.05) is 0 Å². The summed E-state index contributed by atoms with van der Waals surface area (Å²) in [6.45, 7) is 0.0788. The van der Waals surface area contributed by atoms with Crippen LogP contribution in [0.15, 0.2) is 33.5 Å². The largest absolute Gasteiger partial charge is 0.302 e. The van der Waals surface area contributed by atoms with E-state index in [9.17, 15) is 22.0 Å². The number of halogens is 3. The molecule has 0 aliphatic carbocycles. The average molecular weight is 502 g/mol. The van der Waals surface area contributed by atoms with Crippen molar-refractivity contribution in [1.29, 1.82) is 0 Å². The Labute approximate surface area is 189 Å². The molecule has 1 aromatic carbocycles. The first-order valence-electron chi connectivity index (χ1n) is 9.00. The highest BCUT2D eigenvalue weighted by Crippen LogP contribution is 2.32. The maximum absolute atomic E-state index is 14.3. The van der Waals surface area contributed by atoms with Gasteiger partial charge < -0.3 is 4.57 Å². The molecule has 12 heteroatoms. The van der Waals surface area contributed by atoms with Gasteiger partial charge in [-0.1, -0.05) is 28.9 Å². The number of fused-ring (bicyclic) bond motifs is 1. The van der Waals surface area contributed by atoms with E-state index in [2.05, 4.69) is 10.9 Å². The van der Waals surface area contributed by atoms with Crippen LogP contribution >= 0.6 is 34.3 Å². The lowest BCUT2D eigenvalue weighted by Gasteiger charge is -2.20. The highest BCUT2D eigenvalue weighted by Gasteiger charge is 2.40. The number of carbonyl (C=O) groups excluding carboxylic acids is 1. The van der Waals surface area contributed by atoms with Crippen LogP contribution in [-0.4, -0.2) is 35.8 Å². The molecule has 31 heavy (non-hydrogen) atoms. The topological polar surface area (TPSA) is 71.7 Å². The number of benzene rings is 1. The second-order valence-electron chi connectivity index (χ2n) is 6.69. The zero-order chi connectivity index (χ0) is 22.3. The molecule has 0 radical (unpaired) electrons. The summed E-state index contributed by atoms with van der Waals surface area (Å²) in [5.74, 6) is 0.0837. The summed E-state index contributed by atoms with van der Waals surface area (Å²) in [6, 6.07) is 3.72. The quantitative estimate of drug-likeness (QED) is 0.513. The molecule has 3 heterocycles. The lowest BCUT2D eigenvalue weighted by Crippen LogP contribution is -2.40. The summed E-state index contributed by atoms with van der Waals surface area (Å²) < 4.78 is 56.9. The van der Waals surface area contributed by atoms with Gasteiger partial charge in [-0.3, -0.25) is 4.79 Å². The third-order valence-corrected chi connectivity index (χ3v) is 9.38. The van der Waals surface area contributed by atoms with Crippen LogP contribution in [0.1, 0.15) is 12.8 Å². The van der Waals surface area contributed by atoms with E-state index in [0.29, 0.717) is 17.2 Å². The molecule has 4 rings (SSSR count). The van der Waals surface area contributed by atoms with Crippen molar-refractivity contribution in [3.63, 3.8) is 0 Å². The lowest BCUT2D eigenvalue weighted by molar-refractivity contribution is -0.121. The molecule has 6 nitrogen and oxygen atoms in total. The van der Waals surface area contributed by atoms with Crippen LogP contribution in [0.25, 0.3) is 10.2 Å². The number of terminal acetylenes is 1. The van der Waals surface area contributed by atoms with E-state index < -0.39 is 33.6 Å². The van der Waals surface area contributed by atoms with Gasteiger partial charge in [-0.05, 0) is 31.0 Å². The fraction of sp³-hybridized carbons (Fsp3) is 0.263. The number of thiazole rings is 1. The smallest absolute Gasteiger partial charge is 0.266 e. The predicted molar refractivity (Wildman–Crippen MR) is 115 cm³/mol. The number of carbonyl (C=O) groups is 1. The maximum Gasteiger partial charge on any atom is 0.266 e. The number of amides is 1. The maximum atomic E-state index is 14.3. The van der Waals surface area contributed by atoms with Crippen molar-refractivity contribution in [2.75, 3.05) is 6.54 Å². The van der Waals surface area contributed by atoms with Gasteiger partial charge in [0.2, 0.25) is 0 Å². The standard InChI is InChI=1S/C19H14ClF2N3O3S3/c1-2-7-24-17-12(22)9-11(21)10-14(17)29-19(24)23-18(26)13-4-3-8-25(13)31(27,28)16-6-5-15(20)30-16/h1,5-6,9-10,13H,3-4,7-8H2. The molecular weight excluding hydrogens is 488 g/mol. The first kappa shape index (κ1) is 22.1. The first-order valence-corrected chi connectivity index (χ1v) is 12.4. The fourth-order valence-corrected chi connectivity index (χ4v) is 7.78. The Morgan fingerprint density at radius 1 is 1.32 bits per heavy atom. The van der Waals surface area contributed by atoms with Gasteiger partial charge in [0.05, 0.1) is 21.1 Å². The monoisotopic (exact) mass is 501 g/mol. The van der Waals surface area contributed by atoms with Gasteiger partial charge in [-0.15, -0.1) is 17.8 Å². The van der Waals surface area contributed by atoms with Crippen LogP contribution in [0.3, 0.4) is 0 Å². The number of hydrogen-bond donors (Lipinski definition) is 0. The van der Waals surface area contributed by atoms with Gasteiger partial charge in [0.25, 0.3) is 15.9 Å². The molecular formula is C19H14ClF2N3O3S3. The number of hydrogen-bond acceptors (Lipinski definition) is 5. The Balaban J connectivity index is 1.76. The molecule has 0 spiro atoms. The first-order chi connectivity index (χ1) is 14.7. The normalized spacial score (nSPS) is 18.0. The Hall–Kier alpha value is -2.10. The van der Waals surface area contributed by atoms with Crippen LogP contribution in [-0.2, 0) is 21.4 Å². The van der Waals surface area contributed by atoms with Crippen LogP contribution < -0.4 is 4.80 Å². The van der Waals surface area contributed by atoms with Crippen molar-refractivity contribution in [2.24, 2.45) is 4.99 Å². The Kier molecular flexibility index (Phi) is 6.02. The van der Waals surface area contributed by atoms with E-state index in [0.717, 1.165) is 39.1 Å². The molecule has 0 N–H and O–H groups in total. The van der Waals surface area contributed by atoms with Gasteiger partial charge >= 0.3 is 0 Å².